The minimum atomic E-state index is 0.194. The number of halogens is 1. The van der Waals surface area contributed by atoms with Gasteiger partial charge in [-0.15, -0.1) is 11.3 Å². The van der Waals surface area contributed by atoms with E-state index in [0.717, 1.165) is 22.4 Å². The van der Waals surface area contributed by atoms with E-state index in [-0.39, 0.29) is 5.91 Å². The zero-order chi connectivity index (χ0) is 13.4. The van der Waals surface area contributed by atoms with Crippen LogP contribution in [0.1, 0.15) is 36.5 Å². The van der Waals surface area contributed by atoms with Crippen LogP contribution in [0.4, 0.5) is 0 Å². The summed E-state index contributed by atoms with van der Waals surface area (Å²) in [6.45, 7) is 5.31. The molecule has 1 aromatic rings. The summed E-state index contributed by atoms with van der Waals surface area (Å²) in [4.78, 5) is 17.2. The van der Waals surface area contributed by atoms with Crippen LogP contribution in [-0.4, -0.2) is 47.4 Å². The maximum Gasteiger partial charge on any atom is 0.255 e. The number of piperidine rings is 1. The Morgan fingerprint density at radius 2 is 2.26 bits per heavy atom. The normalized spacial score (nSPS) is 28.2. The van der Waals surface area contributed by atoms with Crippen LogP contribution >= 0.6 is 27.3 Å². The molecule has 2 aliphatic rings. The summed E-state index contributed by atoms with van der Waals surface area (Å²) in [6.07, 6.45) is 3.86. The summed E-state index contributed by atoms with van der Waals surface area (Å²) in [6, 6.07) is 2.84. The molecule has 2 unspecified atom stereocenters. The van der Waals surface area contributed by atoms with Crippen molar-refractivity contribution in [1.29, 1.82) is 0 Å². The van der Waals surface area contributed by atoms with Gasteiger partial charge in [0.25, 0.3) is 5.91 Å². The van der Waals surface area contributed by atoms with Crippen LogP contribution in [0.5, 0.6) is 0 Å². The van der Waals surface area contributed by atoms with Crippen LogP contribution in [-0.2, 0) is 0 Å². The number of nitrogens with zero attached hydrogens (tertiary/aromatic N) is 2. The molecule has 104 valence electrons. The van der Waals surface area contributed by atoms with Crippen molar-refractivity contribution >= 4 is 33.2 Å². The van der Waals surface area contributed by atoms with Crippen molar-refractivity contribution in [2.24, 2.45) is 0 Å². The highest BCUT2D eigenvalue weighted by Gasteiger charge is 2.35. The van der Waals surface area contributed by atoms with E-state index in [1.54, 1.807) is 11.3 Å². The standard InChI is InChI=1S/C14H19BrN2OS/c1-10-7-16-5-3-2-4-12(16)8-17(10)14(18)11-6-13(15)19-9-11/h6,9-10,12H,2-5,7-8H2,1H3. The average molecular weight is 343 g/mol. The Hall–Kier alpha value is -0.390. The largest absolute Gasteiger partial charge is 0.333 e. The summed E-state index contributed by atoms with van der Waals surface area (Å²) in [5.74, 6) is 0.194. The first-order valence-electron chi connectivity index (χ1n) is 6.94. The van der Waals surface area contributed by atoms with E-state index in [1.807, 2.05) is 11.4 Å². The molecular weight excluding hydrogens is 324 g/mol. The van der Waals surface area contributed by atoms with Crippen molar-refractivity contribution in [3.05, 3.63) is 20.8 Å². The summed E-state index contributed by atoms with van der Waals surface area (Å²) in [5, 5.41) is 1.95. The van der Waals surface area contributed by atoms with Crippen LogP contribution < -0.4 is 0 Å². The van der Waals surface area contributed by atoms with Crippen LogP contribution in [0.15, 0.2) is 15.2 Å². The summed E-state index contributed by atoms with van der Waals surface area (Å²) in [5.41, 5.74) is 0.827. The maximum atomic E-state index is 12.6. The fourth-order valence-corrected chi connectivity index (χ4v) is 4.35. The van der Waals surface area contributed by atoms with Gasteiger partial charge < -0.3 is 4.90 Å². The molecule has 0 aliphatic carbocycles. The van der Waals surface area contributed by atoms with E-state index in [1.165, 1.54) is 25.8 Å². The minimum absolute atomic E-state index is 0.194. The van der Waals surface area contributed by atoms with E-state index in [9.17, 15) is 4.79 Å². The number of thiophene rings is 1. The van der Waals surface area contributed by atoms with Gasteiger partial charge in [0, 0.05) is 30.6 Å². The first-order chi connectivity index (χ1) is 9.15. The number of fused-ring (bicyclic) bond motifs is 1. The predicted octanol–water partition coefficient (Wildman–Crippen LogP) is 3.21. The second-order valence-electron chi connectivity index (χ2n) is 5.59. The van der Waals surface area contributed by atoms with Gasteiger partial charge in [-0.1, -0.05) is 6.42 Å². The molecule has 0 N–H and O–H groups in total. The van der Waals surface area contributed by atoms with Gasteiger partial charge in [-0.3, -0.25) is 9.69 Å². The van der Waals surface area contributed by atoms with Gasteiger partial charge in [-0.2, -0.15) is 0 Å². The Bertz CT molecular complexity index is 476. The Balaban J connectivity index is 1.75. The Morgan fingerprint density at radius 3 is 3.00 bits per heavy atom. The van der Waals surface area contributed by atoms with E-state index >= 15 is 0 Å². The highest BCUT2D eigenvalue weighted by molar-refractivity contribution is 9.11. The molecule has 0 saturated carbocycles. The third-order valence-corrected chi connectivity index (χ3v) is 5.77. The molecule has 2 aliphatic heterocycles. The van der Waals surface area contributed by atoms with E-state index in [0.29, 0.717) is 12.1 Å². The van der Waals surface area contributed by atoms with Crippen molar-refractivity contribution in [2.45, 2.75) is 38.3 Å². The molecule has 2 saturated heterocycles. The van der Waals surface area contributed by atoms with Gasteiger partial charge in [0.2, 0.25) is 0 Å². The van der Waals surface area contributed by atoms with Gasteiger partial charge in [-0.25, -0.2) is 0 Å². The van der Waals surface area contributed by atoms with Gasteiger partial charge in [0.15, 0.2) is 0 Å². The number of carbonyl (C=O) groups is 1. The van der Waals surface area contributed by atoms with Crippen molar-refractivity contribution in [1.82, 2.24) is 9.80 Å². The molecule has 5 heteroatoms. The zero-order valence-corrected chi connectivity index (χ0v) is 13.5. The molecule has 0 spiro atoms. The topological polar surface area (TPSA) is 23.6 Å². The number of rotatable bonds is 1. The van der Waals surface area contributed by atoms with Gasteiger partial charge in [0.1, 0.15) is 0 Å². The number of hydrogen-bond acceptors (Lipinski definition) is 3. The van der Waals surface area contributed by atoms with Gasteiger partial charge in [-0.05, 0) is 48.3 Å². The van der Waals surface area contributed by atoms with E-state index < -0.39 is 0 Å². The lowest BCUT2D eigenvalue weighted by Crippen LogP contribution is -2.60. The molecule has 3 nitrogen and oxygen atoms in total. The van der Waals surface area contributed by atoms with Gasteiger partial charge >= 0.3 is 0 Å². The molecule has 3 rings (SSSR count). The fourth-order valence-electron chi connectivity index (χ4n) is 3.22. The number of carbonyl (C=O) groups excluding carboxylic acids is 1. The fraction of sp³-hybridized carbons (Fsp3) is 0.643. The lowest BCUT2D eigenvalue weighted by molar-refractivity contribution is 0.0152. The van der Waals surface area contributed by atoms with Crippen LogP contribution in [0, 0.1) is 0 Å². The second kappa shape index (κ2) is 5.54. The van der Waals surface area contributed by atoms with Crippen molar-refractivity contribution in [3.8, 4) is 0 Å². The highest BCUT2D eigenvalue weighted by Crippen LogP contribution is 2.27. The predicted molar refractivity (Wildman–Crippen MR) is 81.7 cm³/mol. The number of piperazine rings is 1. The molecule has 0 radical (unpaired) electrons. The third-order valence-electron chi connectivity index (χ3n) is 4.26. The first-order valence-corrected chi connectivity index (χ1v) is 8.61. The van der Waals surface area contributed by atoms with E-state index in [2.05, 4.69) is 32.7 Å². The van der Waals surface area contributed by atoms with Crippen LogP contribution in [0.25, 0.3) is 0 Å². The Labute approximate surface area is 126 Å². The lowest BCUT2D eigenvalue weighted by atomic mass is 9.97. The quantitative estimate of drug-likeness (QED) is 0.782. The first kappa shape index (κ1) is 13.6. The summed E-state index contributed by atoms with van der Waals surface area (Å²) >= 11 is 5.01. The minimum Gasteiger partial charge on any atom is -0.333 e. The SMILES string of the molecule is CC1CN2CCCCC2CN1C(=O)c1csc(Br)c1. The molecular formula is C14H19BrN2OS. The molecule has 2 atom stereocenters. The van der Waals surface area contributed by atoms with Crippen LogP contribution in [0.2, 0.25) is 0 Å². The van der Waals surface area contributed by atoms with Gasteiger partial charge in [0.05, 0.1) is 9.35 Å². The molecule has 0 aromatic carbocycles. The smallest absolute Gasteiger partial charge is 0.255 e. The average Bonchev–Trinajstić information content (AvgIpc) is 2.84. The van der Waals surface area contributed by atoms with Crippen molar-refractivity contribution < 1.29 is 4.79 Å². The second-order valence-corrected chi connectivity index (χ2v) is 7.88. The third kappa shape index (κ3) is 2.73. The Kier molecular flexibility index (Phi) is 3.96. The zero-order valence-electron chi connectivity index (χ0n) is 11.1. The maximum absolute atomic E-state index is 12.6. The Morgan fingerprint density at radius 1 is 1.42 bits per heavy atom. The monoisotopic (exact) mass is 342 g/mol. The van der Waals surface area contributed by atoms with Crippen molar-refractivity contribution in [2.75, 3.05) is 19.6 Å². The highest BCUT2D eigenvalue weighted by atomic mass is 79.9. The molecule has 2 fully saturated rings. The molecule has 3 heterocycles. The summed E-state index contributed by atoms with van der Waals surface area (Å²) in [7, 11) is 0. The molecule has 0 bridgehead atoms. The number of hydrogen-bond donors (Lipinski definition) is 0. The lowest BCUT2D eigenvalue weighted by Gasteiger charge is -2.47. The van der Waals surface area contributed by atoms with E-state index in [4.69, 9.17) is 0 Å². The van der Waals surface area contributed by atoms with Crippen molar-refractivity contribution in [3.63, 3.8) is 0 Å². The summed E-state index contributed by atoms with van der Waals surface area (Å²) < 4.78 is 1.03. The molecule has 1 aromatic heterocycles. The molecule has 19 heavy (non-hydrogen) atoms. The van der Waals surface area contributed by atoms with Crippen LogP contribution in [0.3, 0.4) is 0 Å². The number of amides is 1. The molecule has 1 amide bonds.